The minimum Gasteiger partial charge on any atom is -0.338 e. The van der Waals surface area contributed by atoms with Crippen LogP contribution < -0.4 is 5.32 Å². The molecule has 1 aliphatic heterocycles. The van der Waals surface area contributed by atoms with Gasteiger partial charge in [-0.2, -0.15) is 0 Å². The van der Waals surface area contributed by atoms with E-state index >= 15 is 0 Å². The van der Waals surface area contributed by atoms with Crippen molar-refractivity contribution in [1.29, 1.82) is 0 Å². The van der Waals surface area contributed by atoms with Crippen molar-refractivity contribution in [2.75, 3.05) is 6.54 Å². The number of rotatable bonds is 6. The topological polar surface area (TPSA) is 67.2 Å². The maximum Gasteiger partial charge on any atom is 0.252 e. The van der Waals surface area contributed by atoms with Gasteiger partial charge in [0.1, 0.15) is 11.9 Å². The average Bonchev–Trinajstić information content (AvgIpc) is 3.35. The molecule has 3 aromatic rings. The predicted octanol–water partition coefficient (Wildman–Crippen LogP) is 3.72. The third-order valence-electron chi connectivity index (χ3n) is 5.36. The first-order valence-corrected chi connectivity index (χ1v) is 10.3. The molecule has 0 bridgehead atoms. The van der Waals surface area contributed by atoms with Gasteiger partial charge in [-0.05, 0) is 41.8 Å². The van der Waals surface area contributed by atoms with Crippen LogP contribution in [0.25, 0.3) is 0 Å². The Kier molecular flexibility index (Phi) is 5.86. The quantitative estimate of drug-likeness (QED) is 0.658. The standard InChI is InChI=1S/C23H23ClN4O2/c1-27-14-12-25-22(27)21(17-8-10-19(24)11-9-17)26-23(30)18-6-4-16(5-7-18)15-28-13-2-3-20(28)29/h4-12,14,21H,2-3,13,15H2,1H3,(H,26,30)/t21-/m1/s1. The third kappa shape index (κ3) is 4.39. The number of halogens is 1. The fourth-order valence-corrected chi connectivity index (χ4v) is 3.80. The zero-order valence-electron chi connectivity index (χ0n) is 16.7. The lowest BCUT2D eigenvalue weighted by atomic mass is 10.0. The molecule has 0 spiro atoms. The highest BCUT2D eigenvalue weighted by Gasteiger charge is 2.22. The van der Waals surface area contributed by atoms with E-state index in [1.165, 1.54) is 0 Å². The lowest BCUT2D eigenvalue weighted by molar-refractivity contribution is -0.128. The molecule has 2 heterocycles. The molecule has 1 aromatic heterocycles. The van der Waals surface area contributed by atoms with E-state index in [4.69, 9.17) is 11.6 Å². The fraction of sp³-hybridized carbons (Fsp3) is 0.261. The van der Waals surface area contributed by atoms with Gasteiger partial charge in [0.2, 0.25) is 5.91 Å². The van der Waals surface area contributed by atoms with Crippen LogP contribution in [0, 0.1) is 0 Å². The van der Waals surface area contributed by atoms with Gasteiger partial charge in [0.15, 0.2) is 0 Å². The molecule has 0 radical (unpaired) electrons. The second kappa shape index (κ2) is 8.71. The number of imidazole rings is 1. The second-order valence-electron chi connectivity index (χ2n) is 7.47. The molecule has 2 amide bonds. The zero-order chi connectivity index (χ0) is 21.1. The molecule has 154 valence electrons. The normalized spacial score (nSPS) is 14.7. The molecule has 0 aliphatic carbocycles. The van der Waals surface area contributed by atoms with Crippen LogP contribution in [-0.4, -0.2) is 32.8 Å². The van der Waals surface area contributed by atoms with Crippen molar-refractivity contribution in [2.24, 2.45) is 7.05 Å². The van der Waals surface area contributed by atoms with E-state index in [-0.39, 0.29) is 11.8 Å². The number of carbonyl (C=O) groups is 2. The summed E-state index contributed by atoms with van der Waals surface area (Å²) < 4.78 is 1.88. The number of aromatic nitrogens is 2. The first-order valence-electron chi connectivity index (χ1n) is 9.91. The molecular weight excluding hydrogens is 400 g/mol. The van der Waals surface area contributed by atoms with Gasteiger partial charge in [-0.1, -0.05) is 35.9 Å². The summed E-state index contributed by atoms with van der Waals surface area (Å²) >= 11 is 6.03. The summed E-state index contributed by atoms with van der Waals surface area (Å²) in [5.41, 5.74) is 2.46. The summed E-state index contributed by atoms with van der Waals surface area (Å²) in [5, 5.41) is 3.72. The first-order chi connectivity index (χ1) is 14.5. The summed E-state index contributed by atoms with van der Waals surface area (Å²) in [6.07, 6.45) is 5.09. The molecule has 4 rings (SSSR count). The average molecular weight is 423 g/mol. The molecule has 1 N–H and O–H groups in total. The maximum atomic E-state index is 13.0. The van der Waals surface area contributed by atoms with Gasteiger partial charge < -0.3 is 14.8 Å². The predicted molar refractivity (Wildman–Crippen MR) is 115 cm³/mol. The first kappa shape index (κ1) is 20.2. The van der Waals surface area contributed by atoms with E-state index < -0.39 is 6.04 Å². The number of carbonyl (C=O) groups excluding carboxylic acids is 2. The van der Waals surface area contributed by atoms with Crippen LogP contribution >= 0.6 is 11.6 Å². The van der Waals surface area contributed by atoms with Crippen molar-refractivity contribution in [1.82, 2.24) is 19.8 Å². The zero-order valence-corrected chi connectivity index (χ0v) is 17.5. The lowest BCUT2D eigenvalue weighted by Crippen LogP contribution is -2.31. The molecule has 1 saturated heterocycles. The second-order valence-corrected chi connectivity index (χ2v) is 7.91. The molecule has 7 heteroatoms. The number of nitrogens with zero attached hydrogens (tertiary/aromatic N) is 3. The number of benzene rings is 2. The number of aryl methyl sites for hydroxylation is 1. The van der Waals surface area contributed by atoms with E-state index in [9.17, 15) is 9.59 Å². The summed E-state index contributed by atoms with van der Waals surface area (Å²) in [5.74, 6) is 0.731. The molecule has 30 heavy (non-hydrogen) atoms. The number of hydrogen-bond acceptors (Lipinski definition) is 3. The van der Waals surface area contributed by atoms with Crippen LogP contribution in [-0.2, 0) is 18.4 Å². The minimum atomic E-state index is -0.406. The monoisotopic (exact) mass is 422 g/mol. The fourth-order valence-electron chi connectivity index (χ4n) is 3.68. The van der Waals surface area contributed by atoms with Gasteiger partial charge in [-0.3, -0.25) is 9.59 Å². The van der Waals surface area contributed by atoms with Crippen LogP contribution in [0.5, 0.6) is 0 Å². The summed E-state index contributed by atoms with van der Waals surface area (Å²) in [6.45, 7) is 1.38. The molecule has 2 aromatic carbocycles. The van der Waals surface area contributed by atoms with Crippen molar-refractivity contribution in [3.63, 3.8) is 0 Å². The summed E-state index contributed by atoms with van der Waals surface area (Å²) in [7, 11) is 1.89. The van der Waals surface area contributed by atoms with Crippen molar-refractivity contribution in [3.8, 4) is 0 Å². The molecule has 1 atom stereocenters. The molecule has 0 unspecified atom stereocenters. The maximum absolute atomic E-state index is 13.0. The molecular formula is C23H23ClN4O2. The van der Waals surface area contributed by atoms with E-state index in [0.717, 1.165) is 29.9 Å². The largest absolute Gasteiger partial charge is 0.338 e. The molecule has 1 aliphatic rings. The van der Waals surface area contributed by atoms with Gasteiger partial charge in [0, 0.05) is 49.5 Å². The lowest BCUT2D eigenvalue weighted by Gasteiger charge is -2.20. The Morgan fingerprint density at radius 1 is 1.17 bits per heavy atom. The minimum absolute atomic E-state index is 0.192. The number of hydrogen-bond donors (Lipinski definition) is 1. The highest BCUT2D eigenvalue weighted by atomic mass is 35.5. The van der Waals surface area contributed by atoms with Gasteiger partial charge in [0.05, 0.1) is 0 Å². The van der Waals surface area contributed by atoms with Crippen LogP contribution in [0.15, 0.2) is 60.9 Å². The Balaban J connectivity index is 1.51. The Bertz CT molecular complexity index is 1040. The Hall–Kier alpha value is -3.12. The smallest absolute Gasteiger partial charge is 0.252 e. The molecule has 6 nitrogen and oxygen atoms in total. The SMILES string of the molecule is Cn1ccnc1[C@H](NC(=O)c1ccc(CN2CCCC2=O)cc1)c1ccc(Cl)cc1. The van der Waals surface area contributed by atoms with E-state index in [1.54, 1.807) is 30.5 Å². The van der Waals surface area contributed by atoms with Crippen LogP contribution in [0.3, 0.4) is 0 Å². The number of nitrogens with one attached hydrogen (secondary N) is 1. The van der Waals surface area contributed by atoms with Crippen LogP contribution in [0.2, 0.25) is 5.02 Å². The number of amides is 2. The van der Waals surface area contributed by atoms with Gasteiger partial charge in [0.25, 0.3) is 5.91 Å². The van der Waals surface area contributed by atoms with E-state index in [2.05, 4.69) is 10.3 Å². The third-order valence-corrected chi connectivity index (χ3v) is 5.61. The Morgan fingerprint density at radius 3 is 2.50 bits per heavy atom. The van der Waals surface area contributed by atoms with E-state index in [1.807, 2.05) is 47.0 Å². The van der Waals surface area contributed by atoms with Gasteiger partial charge in [-0.25, -0.2) is 4.98 Å². The van der Waals surface area contributed by atoms with Crippen molar-refractivity contribution >= 4 is 23.4 Å². The van der Waals surface area contributed by atoms with Crippen molar-refractivity contribution in [3.05, 3.63) is 88.5 Å². The van der Waals surface area contributed by atoms with E-state index in [0.29, 0.717) is 23.6 Å². The highest BCUT2D eigenvalue weighted by molar-refractivity contribution is 6.30. The van der Waals surface area contributed by atoms with Gasteiger partial charge in [-0.15, -0.1) is 0 Å². The summed E-state index contributed by atoms with van der Waals surface area (Å²) in [6, 6.07) is 14.4. The van der Waals surface area contributed by atoms with Crippen molar-refractivity contribution < 1.29 is 9.59 Å². The Morgan fingerprint density at radius 2 is 1.90 bits per heavy atom. The molecule has 1 fully saturated rings. The highest BCUT2D eigenvalue weighted by Crippen LogP contribution is 2.23. The van der Waals surface area contributed by atoms with Crippen molar-refractivity contribution in [2.45, 2.75) is 25.4 Å². The summed E-state index contributed by atoms with van der Waals surface area (Å²) in [4.78, 5) is 31.1. The number of likely N-dealkylation sites (tertiary alicyclic amines) is 1. The van der Waals surface area contributed by atoms with Gasteiger partial charge >= 0.3 is 0 Å². The molecule has 0 saturated carbocycles. The van der Waals surface area contributed by atoms with Crippen LogP contribution in [0.1, 0.15) is 46.2 Å². The van der Waals surface area contributed by atoms with Crippen LogP contribution in [0.4, 0.5) is 0 Å². The Labute approximate surface area is 180 Å².